The summed E-state index contributed by atoms with van der Waals surface area (Å²) in [6, 6.07) is 1.68. The monoisotopic (exact) mass is 273 g/mol. The molecule has 5 nitrogen and oxygen atoms in total. The lowest BCUT2D eigenvalue weighted by Crippen LogP contribution is -2.31. The Balaban J connectivity index is 3.02. The molecule has 0 amide bonds. The standard InChI is InChI=1S/C12H23N3O2S/c1-5-10(3)14-18(16,17)12-7-11(8-13-4)15(6-2)9-12/h7,9-10,13-14H,5-6,8H2,1-4H3. The van der Waals surface area contributed by atoms with E-state index in [2.05, 4.69) is 10.0 Å². The maximum absolute atomic E-state index is 12.1. The van der Waals surface area contributed by atoms with Crippen LogP contribution in [-0.2, 0) is 23.1 Å². The van der Waals surface area contributed by atoms with Crippen molar-refractivity contribution in [1.82, 2.24) is 14.6 Å². The normalized spacial score (nSPS) is 13.8. The van der Waals surface area contributed by atoms with E-state index < -0.39 is 10.0 Å². The van der Waals surface area contributed by atoms with Crippen LogP contribution in [0.4, 0.5) is 0 Å². The van der Waals surface area contributed by atoms with Gasteiger partial charge in [-0.15, -0.1) is 0 Å². The van der Waals surface area contributed by atoms with Crippen molar-refractivity contribution in [2.75, 3.05) is 7.05 Å². The third-order valence-corrected chi connectivity index (χ3v) is 4.49. The molecule has 0 saturated carbocycles. The molecule has 0 fully saturated rings. The second-order valence-corrected chi connectivity index (χ2v) is 6.13. The van der Waals surface area contributed by atoms with Crippen LogP contribution in [0.5, 0.6) is 0 Å². The Labute approximate surface area is 110 Å². The van der Waals surface area contributed by atoms with E-state index in [9.17, 15) is 8.42 Å². The number of nitrogens with one attached hydrogen (secondary N) is 2. The maximum atomic E-state index is 12.1. The van der Waals surface area contributed by atoms with Crippen LogP contribution in [0, 0.1) is 0 Å². The molecule has 0 aromatic carbocycles. The lowest BCUT2D eigenvalue weighted by molar-refractivity contribution is 0.555. The van der Waals surface area contributed by atoms with Gasteiger partial charge in [0.25, 0.3) is 0 Å². The summed E-state index contributed by atoms with van der Waals surface area (Å²) in [4.78, 5) is 0.343. The van der Waals surface area contributed by atoms with Crippen LogP contribution in [-0.4, -0.2) is 26.1 Å². The van der Waals surface area contributed by atoms with Crippen molar-refractivity contribution in [3.63, 3.8) is 0 Å². The van der Waals surface area contributed by atoms with Gasteiger partial charge in [0.05, 0.1) is 4.90 Å². The molecule has 1 atom stereocenters. The van der Waals surface area contributed by atoms with Gasteiger partial charge < -0.3 is 9.88 Å². The van der Waals surface area contributed by atoms with Gasteiger partial charge in [-0.25, -0.2) is 13.1 Å². The van der Waals surface area contributed by atoms with Crippen LogP contribution in [0.25, 0.3) is 0 Å². The van der Waals surface area contributed by atoms with E-state index in [0.29, 0.717) is 11.4 Å². The number of sulfonamides is 1. The minimum Gasteiger partial charge on any atom is -0.349 e. The summed E-state index contributed by atoms with van der Waals surface area (Å²) in [6.45, 7) is 7.24. The van der Waals surface area contributed by atoms with Crippen molar-refractivity contribution in [2.45, 2.75) is 51.2 Å². The van der Waals surface area contributed by atoms with Gasteiger partial charge in [0.2, 0.25) is 10.0 Å². The Morgan fingerprint density at radius 2 is 2.06 bits per heavy atom. The van der Waals surface area contributed by atoms with Gasteiger partial charge in [-0.1, -0.05) is 6.92 Å². The number of nitrogens with zero attached hydrogens (tertiary/aromatic N) is 1. The number of aromatic nitrogens is 1. The molecule has 0 aliphatic carbocycles. The van der Waals surface area contributed by atoms with Crippen LogP contribution < -0.4 is 10.0 Å². The smallest absolute Gasteiger partial charge is 0.242 e. The van der Waals surface area contributed by atoms with E-state index in [1.165, 1.54) is 0 Å². The molecule has 0 aliphatic rings. The molecule has 18 heavy (non-hydrogen) atoms. The summed E-state index contributed by atoms with van der Waals surface area (Å²) in [7, 11) is -1.55. The third kappa shape index (κ3) is 3.57. The van der Waals surface area contributed by atoms with Crippen LogP contribution in [0.1, 0.15) is 32.9 Å². The molecule has 1 aromatic heterocycles. The van der Waals surface area contributed by atoms with Crippen molar-refractivity contribution in [3.8, 4) is 0 Å². The van der Waals surface area contributed by atoms with Gasteiger partial charge in [-0.05, 0) is 33.4 Å². The Bertz CT molecular complexity index is 480. The van der Waals surface area contributed by atoms with Crippen molar-refractivity contribution in [1.29, 1.82) is 0 Å². The van der Waals surface area contributed by atoms with E-state index in [4.69, 9.17) is 0 Å². The summed E-state index contributed by atoms with van der Waals surface area (Å²) in [5, 5.41) is 3.04. The Hall–Kier alpha value is -0.850. The van der Waals surface area contributed by atoms with Gasteiger partial charge in [0, 0.05) is 31.0 Å². The molecule has 2 N–H and O–H groups in total. The summed E-state index contributed by atoms with van der Waals surface area (Å²) in [5.74, 6) is 0. The van der Waals surface area contributed by atoms with Crippen molar-refractivity contribution in [2.24, 2.45) is 0 Å². The largest absolute Gasteiger partial charge is 0.349 e. The first kappa shape index (κ1) is 15.2. The predicted molar refractivity (Wildman–Crippen MR) is 72.9 cm³/mol. The van der Waals surface area contributed by atoms with Crippen LogP contribution >= 0.6 is 0 Å². The minimum absolute atomic E-state index is 0.0484. The van der Waals surface area contributed by atoms with Crippen molar-refractivity contribution < 1.29 is 8.42 Å². The molecule has 0 radical (unpaired) electrons. The SMILES string of the molecule is CCC(C)NS(=O)(=O)c1cc(CNC)n(CC)c1. The number of aryl methyl sites for hydroxylation is 1. The van der Waals surface area contributed by atoms with E-state index in [0.717, 1.165) is 18.7 Å². The van der Waals surface area contributed by atoms with Crippen LogP contribution in [0.15, 0.2) is 17.2 Å². The van der Waals surface area contributed by atoms with E-state index in [1.807, 2.05) is 32.4 Å². The first-order valence-electron chi connectivity index (χ1n) is 6.30. The molecule has 1 heterocycles. The molecule has 104 valence electrons. The van der Waals surface area contributed by atoms with Crippen molar-refractivity contribution >= 4 is 10.0 Å². The highest BCUT2D eigenvalue weighted by Gasteiger charge is 2.19. The lowest BCUT2D eigenvalue weighted by atomic mass is 10.3. The Morgan fingerprint density at radius 3 is 2.56 bits per heavy atom. The molecular weight excluding hydrogens is 250 g/mol. The molecule has 6 heteroatoms. The fourth-order valence-electron chi connectivity index (χ4n) is 1.71. The minimum atomic E-state index is -3.40. The molecule has 0 bridgehead atoms. The number of rotatable bonds is 7. The van der Waals surface area contributed by atoms with Gasteiger partial charge >= 0.3 is 0 Å². The molecule has 0 aliphatic heterocycles. The first-order chi connectivity index (χ1) is 8.44. The Kier molecular flexibility index (Phi) is 5.37. The zero-order valence-corrected chi connectivity index (χ0v) is 12.3. The van der Waals surface area contributed by atoms with Gasteiger partial charge in [0.1, 0.15) is 0 Å². The highest BCUT2D eigenvalue weighted by atomic mass is 32.2. The topological polar surface area (TPSA) is 63.1 Å². The highest BCUT2D eigenvalue weighted by Crippen LogP contribution is 2.15. The van der Waals surface area contributed by atoms with Gasteiger partial charge in [0.15, 0.2) is 0 Å². The quantitative estimate of drug-likeness (QED) is 0.787. The summed E-state index contributed by atoms with van der Waals surface area (Å²) >= 11 is 0. The molecule has 1 rings (SSSR count). The zero-order chi connectivity index (χ0) is 13.8. The molecular formula is C12H23N3O2S. The third-order valence-electron chi connectivity index (χ3n) is 2.94. The fraction of sp³-hybridized carbons (Fsp3) is 0.667. The average Bonchev–Trinajstić information content (AvgIpc) is 2.73. The number of hydrogen-bond donors (Lipinski definition) is 2. The first-order valence-corrected chi connectivity index (χ1v) is 7.78. The maximum Gasteiger partial charge on any atom is 0.242 e. The van der Waals surface area contributed by atoms with E-state index in [1.54, 1.807) is 12.3 Å². The molecule has 0 spiro atoms. The van der Waals surface area contributed by atoms with Crippen LogP contribution in [0.2, 0.25) is 0 Å². The average molecular weight is 273 g/mol. The van der Waals surface area contributed by atoms with E-state index >= 15 is 0 Å². The lowest BCUT2D eigenvalue weighted by Gasteiger charge is -2.10. The predicted octanol–water partition coefficient (Wildman–Crippen LogP) is 1.30. The van der Waals surface area contributed by atoms with Crippen molar-refractivity contribution in [3.05, 3.63) is 18.0 Å². The zero-order valence-electron chi connectivity index (χ0n) is 11.5. The summed E-state index contributed by atoms with van der Waals surface area (Å²) in [6.07, 6.45) is 2.47. The second-order valence-electron chi connectivity index (χ2n) is 4.41. The van der Waals surface area contributed by atoms with Gasteiger partial charge in [-0.3, -0.25) is 0 Å². The Morgan fingerprint density at radius 1 is 1.39 bits per heavy atom. The fourth-order valence-corrected chi connectivity index (χ4v) is 3.10. The van der Waals surface area contributed by atoms with Crippen LogP contribution in [0.3, 0.4) is 0 Å². The summed E-state index contributed by atoms with van der Waals surface area (Å²) < 4.78 is 28.9. The van der Waals surface area contributed by atoms with Gasteiger partial charge in [-0.2, -0.15) is 0 Å². The second kappa shape index (κ2) is 6.36. The molecule has 0 saturated heterocycles. The van der Waals surface area contributed by atoms with E-state index in [-0.39, 0.29) is 6.04 Å². The molecule has 1 aromatic rings. The molecule has 1 unspecified atom stereocenters. The number of hydrogen-bond acceptors (Lipinski definition) is 3. The highest BCUT2D eigenvalue weighted by molar-refractivity contribution is 7.89. The summed E-state index contributed by atoms with van der Waals surface area (Å²) in [5.41, 5.74) is 0.976.